The molecule has 0 amide bonds. The van der Waals surface area contributed by atoms with Crippen LogP contribution in [0.2, 0.25) is 0 Å². The van der Waals surface area contributed by atoms with Gasteiger partial charge in [0.1, 0.15) is 0 Å². The van der Waals surface area contributed by atoms with Gasteiger partial charge < -0.3 is 4.74 Å². The number of ether oxygens (including phenoxy) is 1. The molecule has 0 bridgehead atoms. The summed E-state index contributed by atoms with van der Waals surface area (Å²) >= 11 is 0. The summed E-state index contributed by atoms with van der Waals surface area (Å²) in [6, 6.07) is 2.91. The van der Waals surface area contributed by atoms with Gasteiger partial charge in [-0.1, -0.05) is 6.92 Å². The van der Waals surface area contributed by atoms with Crippen LogP contribution >= 0.6 is 0 Å². The zero-order valence-electron chi connectivity index (χ0n) is 10.4. The standard InChI is InChI=1S/C13H22N2O/c1-3-12-9-16-11(2)8-15(12)10-13(4-5-13)6-7-14/h11-12H,3-6,8-10H2,1-2H3. The Morgan fingerprint density at radius 2 is 2.25 bits per heavy atom. The third-order valence-corrected chi connectivity index (χ3v) is 4.00. The number of nitrogens with zero attached hydrogens (tertiary/aromatic N) is 2. The molecule has 1 heterocycles. The Morgan fingerprint density at radius 1 is 1.50 bits per heavy atom. The largest absolute Gasteiger partial charge is 0.376 e. The minimum atomic E-state index is 0.333. The average Bonchev–Trinajstić information content (AvgIpc) is 2.99. The van der Waals surface area contributed by atoms with Crippen LogP contribution in [0.25, 0.3) is 0 Å². The highest BCUT2D eigenvalue weighted by Gasteiger charge is 2.45. The molecular weight excluding hydrogens is 200 g/mol. The van der Waals surface area contributed by atoms with Crippen molar-refractivity contribution in [2.45, 2.75) is 51.7 Å². The van der Waals surface area contributed by atoms with E-state index in [1.54, 1.807) is 0 Å². The molecule has 2 fully saturated rings. The van der Waals surface area contributed by atoms with E-state index >= 15 is 0 Å². The lowest BCUT2D eigenvalue weighted by Gasteiger charge is -2.40. The van der Waals surface area contributed by atoms with Gasteiger partial charge in [0, 0.05) is 25.6 Å². The summed E-state index contributed by atoms with van der Waals surface area (Å²) in [6.45, 7) is 7.36. The van der Waals surface area contributed by atoms with Gasteiger partial charge in [0.25, 0.3) is 0 Å². The van der Waals surface area contributed by atoms with E-state index in [0.717, 1.165) is 32.5 Å². The quantitative estimate of drug-likeness (QED) is 0.731. The summed E-state index contributed by atoms with van der Waals surface area (Å²) in [7, 11) is 0. The molecule has 1 aliphatic carbocycles. The van der Waals surface area contributed by atoms with E-state index in [2.05, 4.69) is 24.8 Å². The first kappa shape index (κ1) is 11.9. The van der Waals surface area contributed by atoms with E-state index in [1.807, 2.05) is 0 Å². The Labute approximate surface area is 98.4 Å². The zero-order chi connectivity index (χ0) is 11.6. The van der Waals surface area contributed by atoms with Crippen molar-refractivity contribution in [1.82, 2.24) is 4.90 Å². The molecule has 2 rings (SSSR count). The fraction of sp³-hybridized carbons (Fsp3) is 0.923. The molecule has 2 unspecified atom stereocenters. The topological polar surface area (TPSA) is 36.3 Å². The summed E-state index contributed by atoms with van der Waals surface area (Å²) in [5.41, 5.74) is 0.333. The lowest BCUT2D eigenvalue weighted by molar-refractivity contribution is -0.0620. The van der Waals surface area contributed by atoms with Crippen LogP contribution < -0.4 is 0 Å². The highest BCUT2D eigenvalue weighted by atomic mass is 16.5. The molecule has 16 heavy (non-hydrogen) atoms. The first-order valence-corrected chi connectivity index (χ1v) is 6.42. The predicted molar refractivity (Wildman–Crippen MR) is 63.0 cm³/mol. The molecule has 2 atom stereocenters. The zero-order valence-corrected chi connectivity index (χ0v) is 10.4. The van der Waals surface area contributed by atoms with Crippen molar-refractivity contribution in [3.63, 3.8) is 0 Å². The number of hydrogen-bond acceptors (Lipinski definition) is 3. The lowest BCUT2D eigenvalue weighted by atomic mass is 10.00. The molecule has 0 aromatic carbocycles. The van der Waals surface area contributed by atoms with Crippen LogP contribution in [0, 0.1) is 16.7 Å². The molecule has 3 nitrogen and oxygen atoms in total. The second-order valence-electron chi connectivity index (χ2n) is 5.47. The molecule has 3 heteroatoms. The van der Waals surface area contributed by atoms with Gasteiger partial charge in [-0.2, -0.15) is 5.26 Å². The van der Waals surface area contributed by atoms with E-state index in [9.17, 15) is 0 Å². The van der Waals surface area contributed by atoms with E-state index in [0.29, 0.717) is 17.6 Å². The predicted octanol–water partition coefficient (Wildman–Crippen LogP) is 2.18. The Morgan fingerprint density at radius 3 is 2.81 bits per heavy atom. The maximum Gasteiger partial charge on any atom is 0.0674 e. The fourth-order valence-electron chi connectivity index (χ4n) is 2.65. The van der Waals surface area contributed by atoms with Crippen LogP contribution in [0.15, 0.2) is 0 Å². The van der Waals surface area contributed by atoms with Crippen molar-refractivity contribution >= 4 is 0 Å². The number of nitriles is 1. The molecule has 0 spiro atoms. The van der Waals surface area contributed by atoms with Gasteiger partial charge >= 0.3 is 0 Å². The summed E-state index contributed by atoms with van der Waals surface area (Å²) < 4.78 is 5.70. The van der Waals surface area contributed by atoms with E-state index in [-0.39, 0.29) is 0 Å². The molecule has 1 saturated heterocycles. The molecule has 1 saturated carbocycles. The molecule has 1 aliphatic heterocycles. The van der Waals surface area contributed by atoms with Crippen LogP contribution in [0.4, 0.5) is 0 Å². The highest BCUT2D eigenvalue weighted by molar-refractivity contribution is 5.02. The van der Waals surface area contributed by atoms with Crippen molar-refractivity contribution in [3.8, 4) is 6.07 Å². The Kier molecular flexibility index (Phi) is 3.51. The number of rotatable bonds is 4. The molecule has 2 aliphatic rings. The molecule has 0 radical (unpaired) electrons. The van der Waals surface area contributed by atoms with Crippen LogP contribution in [0.5, 0.6) is 0 Å². The van der Waals surface area contributed by atoms with Gasteiger partial charge in [-0.3, -0.25) is 4.90 Å². The maximum atomic E-state index is 8.85. The molecule has 90 valence electrons. The number of hydrogen-bond donors (Lipinski definition) is 0. The fourth-order valence-corrected chi connectivity index (χ4v) is 2.65. The van der Waals surface area contributed by atoms with Gasteiger partial charge in [0.15, 0.2) is 0 Å². The van der Waals surface area contributed by atoms with Crippen molar-refractivity contribution in [3.05, 3.63) is 0 Å². The number of morpholine rings is 1. The highest BCUT2D eigenvalue weighted by Crippen LogP contribution is 2.49. The molecule has 0 aromatic heterocycles. The SMILES string of the molecule is CCC1COC(C)CN1CC1(CC#N)CC1. The van der Waals surface area contributed by atoms with Crippen LogP contribution in [-0.4, -0.2) is 36.7 Å². The van der Waals surface area contributed by atoms with Crippen LogP contribution in [0.1, 0.15) is 39.5 Å². The first-order valence-electron chi connectivity index (χ1n) is 6.42. The minimum absolute atomic E-state index is 0.333. The third kappa shape index (κ3) is 2.56. The summed E-state index contributed by atoms with van der Waals surface area (Å²) in [5.74, 6) is 0. The monoisotopic (exact) mass is 222 g/mol. The van der Waals surface area contributed by atoms with E-state index < -0.39 is 0 Å². The van der Waals surface area contributed by atoms with Crippen molar-refractivity contribution in [1.29, 1.82) is 5.26 Å². The van der Waals surface area contributed by atoms with E-state index in [1.165, 1.54) is 12.8 Å². The normalized spacial score (nSPS) is 33.3. The van der Waals surface area contributed by atoms with Crippen molar-refractivity contribution < 1.29 is 4.74 Å². The van der Waals surface area contributed by atoms with Crippen LogP contribution in [0.3, 0.4) is 0 Å². The van der Waals surface area contributed by atoms with Gasteiger partial charge in [-0.25, -0.2) is 0 Å². The Balaban J connectivity index is 1.93. The average molecular weight is 222 g/mol. The van der Waals surface area contributed by atoms with Gasteiger partial charge in [0.05, 0.1) is 18.8 Å². The summed E-state index contributed by atoms with van der Waals surface area (Å²) in [4.78, 5) is 2.55. The Hall–Kier alpha value is -0.590. The van der Waals surface area contributed by atoms with Crippen molar-refractivity contribution in [2.24, 2.45) is 5.41 Å². The van der Waals surface area contributed by atoms with Gasteiger partial charge in [-0.05, 0) is 31.6 Å². The molecule has 0 aromatic rings. The molecular formula is C13H22N2O. The maximum absolute atomic E-state index is 8.85. The van der Waals surface area contributed by atoms with E-state index in [4.69, 9.17) is 10.00 Å². The summed E-state index contributed by atoms with van der Waals surface area (Å²) in [5, 5.41) is 8.85. The minimum Gasteiger partial charge on any atom is -0.376 e. The smallest absolute Gasteiger partial charge is 0.0674 e. The van der Waals surface area contributed by atoms with Gasteiger partial charge in [0.2, 0.25) is 0 Å². The third-order valence-electron chi connectivity index (χ3n) is 4.00. The van der Waals surface area contributed by atoms with Crippen LogP contribution in [-0.2, 0) is 4.74 Å². The second-order valence-corrected chi connectivity index (χ2v) is 5.47. The molecule has 0 N–H and O–H groups in total. The van der Waals surface area contributed by atoms with Gasteiger partial charge in [-0.15, -0.1) is 0 Å². The lowest BCUT2D eigenvalue weighted by Crippen LogP contribution is -2.50. The second kappa shape index (κ2) is 4.73. The van der Waals surface area contributed by atoms with Crippen molar-refractivity contribution in [2.75, 3.05) is 19.7 Å². The Bertz CT molecular complexity index is 280. The first-order chi connectivity index (χ1) is 7.69. The summed E-state index contributed by atoms with van der Waals surface area (Å²) in [6.07, 6.45) is 4.70.